The summed E-state index contributed by atoms with van der Waals surface area (Å²) in [5.74, 6) is 0.562. The van der Waals surface area contributed by atoms with Gasteiger partial charge in [-0.1, -0.05) is 36.4 Å². The van der Waals surface area contributed by atoms with Crippen LogP contribution in [0.4, 0.5) is 0 Å². The summed E-state index contributed by atoms with van der Waals surface area (Å²) in [7, 11) is 0. The maximum atomic E-state index is 10.8. The van der Waals surface area contributed by atoms with E-state index in [9.17, 15) is 4.79 Å². The number of hydrogen-bond donors (Lipinski definition) is 1. The van der Waals surface area contributed by atoms with E-state index >= 15 is 0 Å². The van der Waals surface area contributed by atoms with Crippen LogP contribution < -0.4 is 10.5 Å². The van der Waals surface area contributed by atoms with Crippen LogP contribution in [0.2, 0.25) is 0 Å². The quantitative estimate of drug-likeness (QED) is 0.646. The number of carbonyl (C=O) groups is 1. The van der Waals surface area contributed by atoms with Crippen molar-refractivity contribution in [2.45, 2.75) is 12.6 Å². The fourth-order valence-electron chi connectivity index (χ4n) is 1.75. The van der Waals surface area contributed by atoms with Gasteiger partial charge < -0.3 is 10.5 Å². The van der Waals surface area contributed by atoms with E-state index in [0.717, 1.165) is 5.56 Å². The van der Waals surface area contributed by atoms with Crippen molar-refractivity contribution >= 4 is 6.29 Å². The molecule has 0 saturated carbocycles. The monoisotopic (exact) mass is 268 g/mol. The molecule has 20 heavy (non-hydrogen) atoms. The molecule has 1 atom stereocenters. The van der Waals surface area contributed by atoms with E-state index in [-0.39, 0.29) is 0 Å². The molecule has 0 aliphatic heterocycles. The Labute approximate surface area is 117 Å². The molecule has 0 aliphatic carbocycles. The van der Waals surface area contributed by atoms with E-state index in [1.54, 1.807) is 18.2 Å². The minimum Gasteiger partial charge on any atom is -0.487 e. The van der Waals surface area contributed by atoms with Gasteiger partial charge in [0.05, 0.1) is 6.04 Å². The van der Waals surface area contributed by atoms with Crippen molar-refractivity contribution in [2.24, 2.45) is 5.73 Å². The highest BCUT2D eigenvalue weighted by Gasteiger charge is 2.12. The number of benzene rings is 1. The second-order valence-corrected chi connectivity index (χ2v) is 4.27. The lowest BCUT2D eigenvalue weighted by molar-refractivity contribution is 0.111. The fourth-order valence-corrected chi connectivity index (χ4v) is 1.75. The van der Waals surface area contributed by atoms with Crippen LogP contribution in [0.3, 0.4) is 0 Å². The number of pyridine rings is 1. The molecular weight excluding hydrogens is 252 g/mol. The van der Waals surface area contributed by atoms with Gasteiger partial charge in [0, 0.05) is 0 Å². The second kappa shape index (κ2) is 6.63. The van der Waals surface area contributed by atoms with Gasteiger partial charge in [-0.2, -0.15) is 0 Å². The second-order valence-electron chi connectivity index (χ2n) is 4.27. The molecule has 4 nitrogen and oxygen atoms in total. The molecule has 0 fully saturated rings. The number of aldehydes is 1. The van der Waals surface area contributed by atoms with Crippen molar-refractivity contribution in [3.05, 3.63) is 72.1 Å². The molecule has 102 valence electrons. The SMILES string of the molecule is C=C[C@H](N)c1nc(C=O)ccc1OCc1ccccc1. The van der Waals surface area contributed by atoms with E-state index in [1.165, 1.54) is 0 Å². The normalized spacial score (nSPS) is 11.7. The zero-order valence-electron chi connectivity index (χ0n) is 11.0. The van der Waals surface area contributed by atoms with E-state index in [1.807, 2.05) is 30.3 Å². The molecule has 0 aliphatic rings. The van der Waals surface area contributed by atoms with Crippen LogP contribution in [0.15, 0.2) is 55.1 Å². The van der Waals surface area contributed by atoms with E-state index in [4.69, 9.17) is 10.5 Å². The summed E-state index contributed by atoms with van der Waals surface area (Å²) in [6.07, 6.45) is 2.24. The highest BCUT2D eigenvalue weighted by molar-refractivity contribution is 5.72. The molecule has 0 amide bonds. The number of ether oxygens (including phenoxy) is 1. The first-order chi connectivity index (χ1) is 9.74. The molecule has 0 bridgehead atoms. The Morgan fingerprint density at radius 3 is 2.65 bits per heavy atom. The average Bonchev–Trinajstić information content (AvgIpc) is 2.53. The maximum absolute atomic E-state index is 10.8. The molecule has 0 spiro atoms. The van der Waals surface area contributed by atoms with Crippen molar-refractivity contribution < 1.29 is 9.53 Å². The molecule has 0 unspecified atom stereocenters. The zero-order chi connectivity index (χ0) is 14.4. The minimum absolute atomic E-state index is 0.323. The number of carbonyl (C=O) groups excluding carboxylic acids is 1. The van der Waals surface area contributed by atoms with Gasteiger partial charge in [0.1, 0.15) is 23.7 Å². The molecule has 2 rings (SSSR count). The molecule has 0 saturated heterocycles. The molecule has 1 aromatic heterocycles. The number of nitrogens with zero attached hydrogens (tertiary/aromatic N) is 1. The summed E-state index contributed by atoms with van der Waals surface area (Å²) in [5.41, 5.74) is 7.80. The van der Waals surface area contributed by atoms with Gasteiger partial charge in [-0.15, -0.1) is 6.58 Å². The molecule has 4 heteroatoms. The van der Waals surface area contributed by atoms with Crippen LogP contribution in [-0.2, 0) is 6.61 Å². The van der Waals surface area contributed by atoms with Crippen LogP contribution in [0.1, 0.15) is 27.8 Å². The van der Waals surface area contributed by atoms with Crippen molar-refractivity contribution in [2.75, 3.05) is 0 Å². The Morgan fingerprint density at radius 2 is 2.00 bits per heavy atom. The molecule has 1 heterocycles. The standard InChI is InChI=1S/C16H16N2O2/c1-2-14(17)16-15(9-8-13(10-19)18-16)20-11-12-6-4-3-5-7-12/h2-10,14H,1,11,17H2/t14-/m0/s1. The Balaban J connectivity index is 2.22. The average molecular weight is 268 g/mol. The fraction of sp³-hybridized carbons (Fsp3) is 0.125. The molecule has 0 radical (unpaired) electrons. The predicted octanol–water partition coefficient (Wildman–Crippen LogP) is 2.66. The third-order valence-electron chi connectivity index (χ3n) is 2.84. The number of rotatable bonds is 6. The lowest BCUT2D eigenvalue weighted by atomic mass is 10.1. The third-order valence-corrected chi connectivity index (χ3v) is 2.84. The first-order valence-electron chi connectivity index (χ1n) is 6.25. The van der Waals surface area contributed by atoms with Gasteiger partial charge in [-0.25, -0.2) is 4.98 Å². The summed E-state index contributed by atoms with van der Waals surface area (Å²) in [4.78, 5) is 15.0. The van der Waals surface area contributed by atoms with Crippen LogP contribution in [0.25, 0.3) is 0 Å². The lowest BCUT2D eigenvalue weighted by Gasteiger charge is -2.14. The Morgan fingerprint density at radius 1 is 1.25 bits per heavy atom. The summed E-state index contributed by atoms with van der Waals surface area (Å²) >= 11 is 0. The van der Waals surface area contributed by atoms with E-state index in [0.29, 0.717) is 30.0 Å². The summed E-state index contributed by atoms with van der Waals surface area (Å²) in [6.45, 7) is 4.06. The smallest absolute Gasteiger partial charge is 0.168 e. The van der Waals surface area contributed by atoms with Crippen molar-refractivity contribution in [1.29, 1.82) is 0 Å². The Bertz CT molecular complexity index is 597. The number of aromatic nitrogens is 1. The number of hydrogen-bond acceptors (Lipinski definition) is 4. The first kappa shape index (κ1) is 14.0. The predicted molar refractivity (Wildman–Crippen MR) is 77.5 cm³/mol. The molecule has 2 aromatic rings. The Hall–Kier alpha value is -2.46. The molecule has 2 N–H and O–H groups in total. The van der Waals surface area contributed by atoms with Gasteiger partial charge in [-0.05, 0) is 17.7 Å². The first-order valence-corrected chi connectivity index (χ1v) is 6.25. The summed E-state index contributed by atoms with van der Waals surface area (Å²) in [5, 5.41) is 0. The van der Waals surface area contributed by atoms with Crippen LogP contribution in [0, 0.1) is 0 Å². The lowest BCUT2D eigenvalue weighted by Crippen LogP contribution is -2.12. The highest BCUT2D eigenvalue weighted by atomic mass is 16.5. The summed E-state index contributed by atoms with van der Waals surface area (Å²) in [6, 6.07) is 12.6. The largest absolute Gasteiger partial charge is 0.487 e. The van der Waals surface area contributed by atoms with Crippen LogP contribution >= 0.6 is 0 Å². The van der Waals surface area contributed by atoms with Gasteiger partial charge in [0.2, 0.25) is 0 Å². The van der Waals surface area contributed by atoms with Crippen molar-refractivity contribution in [3.63, 3.8) is 0 Å². The zero-order valence-corrected chi connectivity index (χ0v) is 11.0. The van der Waals surface area contributed by atoms with Gasteiger partial charge >= 0.3 is 0 Å². The molecular formula is C16H16N2O2. The molecule has 1 aromatic carbocycles. The van der Waals surface area contributed by atoms with Crippen LogP contribution in [0.5, 0.6) is 5.75 Å². The van der Waals surface area contributed by atoms with Gasteiger partial charge in [0.25, 0.3) is 0 Å². The summed E-state index contributed by atoms with van der Waals surface area (Å²) < 4.78 is 5.74. The maximum Gasteiger partial charge on any atom is 0.168 e. The van der Waals surface area contributed by atoms with E-state index < -0.39 is 6.04 Å². The van der Waals surface area contributed by atoms with Gasteiger partial charge in [-0.3, -0.25) is 4.79 Å². The van der Waals surface area contributed by atoms with Gasteiger partial charge in [0.15, 0.2) is 6.29 Å². The van der Waals surface area contributed by atoms with Crippen molar-refractivity contribution in [3.8, 4) is 5.75 Å². The van der Waals surface area contributed by atoms with E-state index in [2.05, 4.69) is 11.6 Å². The highest BCUT2D eigenvalue weighted by Crippen LogP contribution is 2.23. The van der Waals surface area contributed by atoms with Crippen LogP contribution in [-0.4, -0.2) is 11.3 Å². The topological polar surface area (TPSA) is 65.2 Å². The third kappa shape index (κ3) is 3.30. The minimum atomic E-state index is -0.472. The number of nitrogens with two attached hydrogens (primary N) is 1. The Kier molecular flexibility index (Phi) is 4.63. The van der Waals surface area contributed by atoms with Crippen molar-refractivity contribution in [1.82, 2.24) is 4.98 Å².